The fraction of sp³-hybridized carbons (Fsp3) is 0.391. The number of ether oxygens (including phenoxy) is 2. The van der Waals surface area contributed by atoms with Crippen LogP contribution in [0.5, 0.6) is 11.5 Å². The lowest BCUT2D eigenvalue weighted by Crippen LogP contribution is -2.36. The van der Waals surface area contributed by atoms with E-state index in [-0.39, 0.29) is 5.75 Å². The molecular weight excluding hydrogens is 371 g/mol. The number of likely N-dealkylation sites (tertiary alicyclic amines) is 1. The van der Waals surface area contributed by atoms with Gasteiger partial charge in [-0.15, -0.1) is 0 Å². The lowest BCUT2D eigenvalue weighted by Gasteiger charge is -2.33. The Bertz CT molecular complexity index is 979. The minimum Gasteiger partial charge on any atom is -0.497 e. The molecule has 2 N–H and O–H groups in total. The number of fused-ring (bicyclic) bond motifs is 1. The second-order valence-electron chi connectivity index (χ2n) is 7.64. The van der Waals surface area contributed by atoms with E-state index in [1.807, 2.05) is 6.07 Å². The van der Waals surface area contributed by atoms with Crippen LogP contribution in [0.1, 0.15) is 36.0 Å². The molecule has 0 unspecified atom stereocenters. The summed E-state index contributed by atoms with van der Waals surface area (Å²) in [4.78, 5) is 5.61. The molecule has 5 nitrogen and oxygen atoms in total. The zero-order valence-electron chi connectivity index (χ0n) is 16.8. The van der Waals surface area contributed by atoms with E-state index in [1.54, 1.807) is 19.2 Å². The van der Waals surface area contributed by atoms with Crippen molar-refractivity contribution in [3.8, 4) is 11.5 Å². The first-order valence-corrected chi connectivity index (χ1v) is 9.98. The highest BCUT2D eigenvalue weighted by atomic mass is 19.1. The highest BCUT2D eigenvalue weighted by molar-refractivity contribution is 5.85. The normalized spacial score (nSPS) is 16.8. The van der Waals surface area contributed by atoms with Crippen molar-refractivity contribution in [2.75, 3.05) is 33.9 Å². The predicted molar refractivity (Wildman–Crippen MR) is 111 cm³/mol. The first-order chi connectivity index (χ1) is 14.1. The number of hydrogen-bond acceptors (Lipinski definition) is 4. The fourth-order valence-corrected chi connectivity index (χ4v) is 4.25. The molecule has 29 heavy (non-hydrogen) atoms. The zero-order chi connectivity index (χ0) is 20.4. The summed E-state index contributed by atoms with van der Waals surface area (Å²) < 4.78 is 24.2. The van der Waals surface area contributed by atoms with Crippen LogP contribution in [0, 0.1) is 5.82 Å². The van der Waals surface area contributed by atoms with E-state index in [0.29, 0.717) is 18.0 Å². The summed E-state index contributed by atoms with van der Waals surface area (Å²) in [5.74, 6) is 1.09. The first kappa shape index (κ1) is 19.7. The number of methoxy groups -OCH3 is 2. The Hall–Kier alpha value is -2.57. The van der Waals surface area contributed by atoms with Gasteiger partial charge < -0.3 is 24.5 Å². The number of nitrogens with one attached hydrogen (secondary N) is 1. The lowest BCUT2D eigenvalue weighted by atomic mass is 9.89. The van der Waals surface area contributed by atoms with Crippen LogP contribution in [0.15, 0.2) is 42.6 Å². The van der Waals surface area contributed by atoms with Crippen molar-refractivity contribution in [2.45, 2.75) is 24.9 Å². The van der Waals surface area contributed by atoms with Gasteiger partial charge in [-0.25, -0.2) is 4.39 Å². The van der Waals surface area contributed by atoms with Gasteiger partial charge in [0, 0.05) is 23.6 Å². The largest absolute Gasteiger partial charge is 0.497 e. The molecule has 2 heterocycles. The van der Waals surface area contributed by atoms with Gasteiger partial charge >= 0.3 is 0 Å². The molecule has 2 aromatic carbocycles. The fourth-order valence-electron chi connectivity index (χ4n) is 4.25. The molecule has 1 saturated heterocycles. The molecule has 1 aromatic heterocycles. The Balaban J connectivity index is 1.39. The maximum atomic E-state index is 13.9. The van der Waals surface area contributed by atoms with Gasteiger partial charge in [0.2, 0.25) is 0 Å². The van der Waals surface area contributed by atoms with Crippen LogP contribution in [0.4, 0.5) is 4.39 Å². The predicted octanol–water partition coefficient (Wildman–Crippen LogP) is 4.24. The molecule has 0 amide bonds. The molecule has 6 heteroatoms. The van der Waals surface area contributed by atoms with E-state index in [0.717, 1.165) is 37.2 Å². The molecule has 3 aromatic rings. The summed E-state index contributed by atoms with van der Waals surface area (Å²) in [7, 11) is 3.12. The van der Waals surface area contributed by atoms with E-state index < -0.39 is 11.9 Å². The summed E-state index contributed by atoms with van der Waals surface area (Å²) in [5.41, 5.74) is 3.03. The molecule has 1 aliphatic heterocycles. The van der Waals surface area contributed by atoms with Crippen LogP contribution in [-0.2, 0) is 0 Å². The number of nitrogens with zero attached hydrogens (tertiary/aromatic N) is 1. The number of rotatable bonds is 6. The van der Waals surface area contributed by atoms with Crippen LogP contribution in [0.3, 0.4) is 0 Å². The van der Waals surface area contributed by atoms with Crippen molar-refractivity contribution >= 4 is 10.9 Å². The van der Waals surface area contributed by atoms with Crippen molar-refractivity contribution in [2.24, 2.45) is 0 Å². The van der Waals surface area contributed by atoms with Gasteiger partial charge in [-0.2, -0.15) is 0 Å². The van der Waals surface area contributed by atoms with Gasteiger partial charge in [0.1, 0.15) is 5.75 Å². The van der Waals surface area contributed by atoms with Crippen molar-refractivity contribution in [1.29, 1.82) is 0 Å². The molecule has 0 radical (unpaired) electrons. The number of benzene rings is 2. The van der Waals surface area contributed by atoms with Crippen LogP contribution in [0.2, 0.25) is 0 Å². The number of aromatic amines is 1. The number of aliphatic hydroxyl groups excluding tert-OH is 1. The number of aromatic nitrogens is 1. The molecular formula is C23H27FN2O3. The number of halogens is 1. The summed E-state index contributed by atoms with van der Waals surface area (Å²) in [5, 5.41) is 11.8. The molecule has 0 bridgehead atoms. The highest BCUT2D eigenvalue weighted by Crippen LogP contribution is 2.35. The van der Waals surface area contributed by atoms with E-state index in [1.165, 1.54) is 24.1 Å². The molecule has 0 saturated carbocycles. The third kappa shape index (κ3) is 4.09. The van der Waals surface area contributed by atoms with E-state index in [9.17, 15) is 9.50 Å². The van der Waals surface area contributed by atoms with Crippen LogP contribution >= 0.6 is 0 Å². The first-order valence-electron chi connectivity index (χ1n) is 9.98. The average molecular weight is 398 g/mol. The molecule has 154 valence electrons. The van der Waals surface area contributed by atoms with Crippen molar-refractivity contribution in [3.05, 3.63) is 59.5 Å². The summed E-state index contributed by atoms with van der Waals surface area (Å²) in [6.07, 6.45) is 3.44. The van der Waals surface area contributed by atoms with Gasteiger partial charge in [-0.1, -0.05) is 6.07 Å². The Labute approximate surface area is 170 Å². The number of H-pyrrole nitrogens is 1. The smallest absolute Gasteiger partial charge is 0.165 e. The van der Waals surface area contributed by atoms with Crippen LogP contribution in [-0.4, -0.2) is 48.8 Å². The Morgan fingerprint density at radius 1 is 1.14 bits per heavy atom. The monoisotopic (exact) mass is 398 g/mol. The second-order valence-corrected chi connectivity index (χ2v) is 7.64. The third-order valence-electron chi connectivity index (χ3n) is 5.94. The quantitative estimate of drug-likeness (QED) is 0.652. The number of hydrogen-bond donors (Lipinski definition) is 2. The second kappa shape index (κ2) is 8.43. The standard InChI is InChI=1S/C23H27FN2O3/c1-28-17-4-5-21-18(12-17)19(13-25-21)15-7-9-26(10-8-15)14-22(27)16-3-6-23(29-2)20(24)11-16/h3-6,11-13,15,22,25,27H,7-10,14H2,1-2H3/t22-/m1/s1. The summed E-state index contributed by atoms with van der Waals surface area (Å²) >= 11 is 0. The Morgan fingerprint density at radius 3 is 2.62 bits per heavy atom. The topological polar surface area (TPSA) is 57.7 Å². The molecule has 1 atom stereocenters. The van der Waals surface area contributed by atoms with Crippen LogP contribution in [0.25, 0.3) is 10.9 Å². The molecule has 1 aliphatic rings. The molecule has 4 rings (SSSR count). The van der Waals surface area contributed by atoms with E-state index in [4.69, 9.17) is 9.47 Å². The van der Waals surface area contributed by atoms with Gasteiger partial charge in [-0.05, 0) is 73.3 Å². The molecule has 0 spiro atoms. The summed E-state index contributed by atoms with van der Waals surface area (Å²) in [6.45, 7) is 2.30. The Morgan fingerprint density at radius 2 is 1.93 bits per heavy atom. The van der Waals surface area contributed by atoms with Crippen molar-refractivity contribution < 1.29 is 19.0 Å². The van der Waals surface area contributed by atoms with Crippen LogP contribution < -0.4 is 9.47 Å². The van der Waals surface area contributed by atoms with E-state index >= 15 is 0 Å². The van der Waals surface area contributed by atoms with E-state index in [2.05, 4.69) is 28.2 Å². The SMILES string of the molecule is COc1ccc2[nH]cc(C3CCN(C[C@@H](O)c4ccc(OC)c(F)c4)CC3)c2c1. The van der Waals surface area contributed by atoms with Gasteiger partial charge in [-0.3, -0.25) is 0 Å². The number of piperidine rings is 1. The van der Waals surface area contributed by atoms with Crippen molar-refractivity contribution in [1.82, 2.24) is 9.88 Å². The minimum atomic E-state index is -0.718. The highest BCUT2D eigenvalue weighted by Gasteiger charge is 2.25. The lowest BCUT2D eigenvalue weighted by molar-refractivity contribution is 0.0971. The maximum Gasteiger partial charge on any atom is 0.165 e. The van der Waals surface area contributed by atoms with Gasteiger partial charge in [0.05, 0.1) is 20.3 Å². The third-order valence-corrected chi connectivity index (χ3v) is 5.94. The Kier molecular flexibility index (Phi) is 5.74. The molecule has 0 aliphatic carbocycles. The van der Waals surface area contributed by atoms with Crippen molar-refractivity contribution in [3.63, 3.8) is 0 Å². The van der Waals surface area contributed by atoms with Gasteiger partial charge in [0.25, 0.3) is 0 Å². The average Bonchev–Trinajstić information content (AvgIpc) is 3.17. The minimum absolute atomic E-state index is 0.192. The maximum absolute atomic E-state index is 13.9. The number of aliphatic hydroxyl groups is 1. The zero-order valence-corrected chi connectivity index (χ0v) is 16.8. The van der Waals surface area contributed by atoms with Gasteiger partial charge in [0.15, 0.2) is 11.6 Å². The molecule has 1 fully saturated rings. The summed E-state index contributed by atoms with van der Waals surface area (Å²) in [6, 6.07) is 10.8. The number of β-amino-alcohol motifs (C(OH)–C–C–N with tert-alkyl or cyclic N) is 1.